The van der Waals surface area contributed by atoms with Gasteiger partial charge in [0.05, 0.1) is 6.85 Å². The molecule has 0 unspecified atom stereocenters. The molecule has 0 saturated heterocycles. The highest BCUT2D eigenvalue weighted by Crippen LogP contribution is 2.26. The first-order chi connectivity index (χ1) is 12.3. The van der Waals surface area contributed by atoms with Crippen LogP contribution in [-0.4, -0.2) is 0 Å². The molecule has 0 aliphatic carbocycles. The molecule has 0 atom stereocenters. The van der Waals surface area contributed by atoms with Gasteiger partial charge in [0.2, 0.25) is 0 Å². The lowest BCUT2D eigenvalue weighted by molar-refractivity contribution is 0.867. The van der Waals surface area contributed by atoms with Crippen LogP contribution in [0.3, 0.4) is 0 Å². The van der Waals surface area contributed by atoms with Crippen LogP contribution in [0.1, 0.15) is 32.2 Å². The van der Waals surface area contributed by atoms with E-state index in [1.807, 2.05) is 12.1 Å². The predicted octanol–water partition coefficient (Wildman–Crippen LogP) is 6.14. The van der Waals surface area contributed by atoms with Gasteiger partial charge in [0.15, 0.2) is 0 Å². The van der Waals surface area contributed by atoms with Crippen LogP contribution in [0.2, 0.25) is 0 Å². The van der Waals surface area contributed by atoms with E-state index in [0.717, 1.165) is 11.1 Å². The summed E-state index contributed by atoms with van der Waals surface area (Å²) in [5.74, 6) is 0.482. The second-order valence-electron chi connectivity index (χ2n) is 5.35. The van der Waals surface area contributed by atoms with Gasteiger partial charge in [-0.25, -0.2) is 0 Å². The van der Waals surface area contributed by atoms with E-state index in [4.69, 9.17) is 6.85 Å². The summed E-state index contributed by atoms with van der Waals surface area (Å²) in [6.07, 6.45) is 0. The fraction of sp³-hybridized carbons (Fsp3) is 0.143. The molecule has 0 aliphatic heterocycles. The highest BCUT2D eigenvalue weighted by Gasteiger charge is 2.02. The maximum atomic E-state index is 8.08. The molecule has 21 heavy (non-hydrogen) atoms. The summed E-state index contributed by atoms with van der Waals surface area (Å²) in [7, 11) is 0. The largest absolute Gasteiger partial charge is 0.0629 e. The van der Waals surface area contributed by atoms with Crippen molar-refractivity contribution >= 4 is 0 Å². The summed E-state index contributed by atoms with van der Waals surface area (Å²) in [5.41, 5.74) is 4.24. The molecule has 3 rings (SSSR count). The molecule has 0 heterocycles. The van der Waals surface area contributed by atoms with Crippen molar-refractivity contribution in [2.24, 2.45) is 0 Å². The van der Waals surface area contributed by atoms with Gasteiger partial charge in [-0.2, -0.15) is 0 Å². The Hall–Kier alpha value is -2.34. The lowest BCUT2D eigenvalue weighted by atomic mass is 9.97. The van der Waals surface area contributed by atoms with Crippen LogP contribution in [0.4, 0.5) is 0 Å². The zero-order valence-corrected chi connectivity index (χ0v) is 12.2. The van der Waals surface area contributed by atoms with Crippen LogP contribution in [0.15, 0.2) is 78.7 Å². The van der Waals surface area contributed by atoms with Crippen LogP contribution in [0.5, 0.6) is 0 Å². The highest BCUT2D eigenvalue weighted by atomic mass is 14.1. The number of hydrogen-bond donors (Lipinski definition) is 0. The summed E-state index contributed by atoms with van der Waals surface area (Å²) < 4.78 is 39.5. The van der Waals surface area contributed by atoms with Crippen molar-refractivity contribution in [2.45, 2.75) is 19.8 Å². The van der Waals surface area contributed by atoms with Gasteiger partial charge >= 0.3 is 0 Å². The standard InChI is InChI=1S/C21H20/c1-16(2)17-8-10-20(11-9-17)21-14-12-19(13-15-21)18-6-4-3-5-7-18/h3-16H,1-2H3/i3D,4D,5D,6D,7D. The molecule has 0 radical (unpaired) electrons. The Kier molecular flexibility index (Phi) is 2.51. The monoisotopic (exact) mass is 277 g/mol. The number of hydrogen-bond acceptors (Lipinski definition) is 0. The van der Waals surface area contributed by atoms with E-state index in [1.54, 1.807) is 12.1 Å². The maximum Gasteiger partial charge on any atom is 0.0629 e. The van der Waals surface area contributed by atoms with E-state index in [0.29, 0.717) is 11.5 Å². The van der Waals surface area contributed by atoms with Crippen molar-refractivity contribution in [3.05, 3.63) is 84.3 Å². The lowest BCUT2D eigenvalue weighted by Crippen LogP contribution is -1.86. The van der Waals surface area contributed by atoms with Gasteiger partial charge in [-0.05, 0) is 33.7 Å². The molecule has 0 nitrogen and oxygen atoms in total. The topological polar surface area (TPSA) is 0 Å². The van der Waals surface area contributed by atoms with Crippen LogP contribution < -0.4 is 0 Å². The van der Waals surface area contributed by atoms with E-state index in [1.165, 1.54) is 5.56 Å². The first-order valence-corrected chi connectivity index (χ1v) is 7.09. The van der Waals surface area contributed by atoms with Crippen molar-refractivity contribution in [1.29, 1.82) is 0 Å². The van der Waals surface area contributed by atoms with Crippen LogP contribution in [-0.2, 0) is 0 Å². The molecular formula is C21H20. The van der Waals surface area contributed by atoms with Crippen LogP contribution >= 0.6 is 0 Å². The van der Waals surface area contributed by atoms with Gasteiger partial charge < -0.3 is 0 Å². The Balaban J connectivity index is 2.01. The molecule has 0 fully saturated rings. The summed E-state index contributed by atoms with van der Waals surface area (Å²) in [4.78, 5) is 0. The predicted molar refractivity (Wildman–Crippen MR) is 91.4 cm³/mol. The van der Waals surface area contributed by atoms with E-state index < -0.39 is 0 Å². The minimum absolute atomic E-state index is 0.176. The quantitative estimate of drug-likeness (QED) is 0.539. The van der Waals surface area contributed by atoms with E-state index in [2.05, 4.69) is 38.1 Å². The second-order valence-corrected chi connectivity index (χ2v) is 5.35. The van der Waals surface area contributed by atoms with Crippen molar-refractivity contribution in [3.63, 3.8) is 0 Å². The lowest BCUT2D eigenvalue weighted by Gasteiger charge is -2.08. The summed E-state index contributed by atoms with van der Waals surface area (Å²) in [6.45, 7) is 4.31. The second kappa shape index (κ2) is 5.97. The molecule has 0 aromatic heterocycles. The summed E-state index contributed by atoms with van der Waals surface area (Å²) in [5, 5.41) is 0. The third kappa shape index (κ3) is 3.05. The normalized spacial score (nSPS) is 14.1. The number of benzene rings is 3. The molecular weight excluding hydrogens is 252 g/mol. The van der Waals surface area contributed by atoms with Crippen molar-refractivity contribution in [2.75, 3.05) is 0 Å². The molecule has 0 saturated carbocycles. The summed E-state index contributed by atoms with van der Waals surface area (Å²) >= 11 is 0. The van der Waals surface area contributed by atoms with Gasteiger partial charge in [0.1, 0.15) is 0 Å². The van der Waals surface area contributed by atoms with Gasteiger partial charge in [-0.3, -0.25) is 0 Å². The zero-order chi connectivity index (χ0) is 19.0. The zero-order valence-electron chi connectivity index (χ0n) is 17.2. The Bertz CT molecular complexity index is 913. The first-order valence-electron chi connectivity index (χ1n) is 9.59. The minimum Gasteiger partial charge on any atom is -0.0622 e. The Morgan fingerprint density at radius 1 is 0.619 bits per heavy atom. The molecule has 0 spiro atoms. The van der Waals surface area contributed by atoms with Crippen molar-refractivity contribution in [3.8, 4) is 22.3 Å². The Labute approximate surface area is 134 Å². The minimum atomic E-state index is -0.370. The third-order valence-corrected chi connectivity index (χ3v) is 3.58. The van der Waals surface area contributed by atoms with Crippen LogP contribution in [0, 0.1) is 0 Å². The molecule has 0 bridgehead atoms. The van der Waals surface area contributed by atoms with Crippen LogP contribution in [0.25, 0.3) is 22.3 Å². The van der Waals surface area contributed by atoms with Gasteiger partial charge in [0, 0.05) is 0 Å². The van der Waals surface area contributed by atoms with Gasteiger partial charge in [0.25, 0.3) is 0 Å². The third-order valence-electron chi connectivity index (χ3n) is 3.58. The molecule has 3 aromatic rings. The van der Waals surface area contributed by atoms with Gasteiger partial charge in [-0.1, -0.05) is 92.6 Å². The summed E-state index contributed by atoms with van der Waals surface area (Å²) in [6, 6.07) is 14.5. The average molecular weight is 277 g/mol. The maximum absolute atomic E-state index is 8.08. The first kappa shape index (κ1) is 8.84. The number of rotatable bonds is 3. The van der Waals surface area contributed by atoms with Crippen molar-refractivity contribution < 1.29 is 6.85 Å². The SMILES string of the molecule is [2H]c1c([2H])c([2H])c(-c2ccc(-c3ccc(C(C)C)cc3)cc2)c([2H])c1[2H]. The highest BCUT2D eigenvalue weighted by molar-refractivity contribution is 5.70. The molecule has 0 heteroatoms. The molecule has 0 N–H and O–H groups in total. The van der Waals surface area contributed by atoms with E-state index in [-0.39, 0.29) is 35.8 Å². The Morgan fingerprint density at radius 3 is 1.52 bits per heavy atom. The van der Waals surface area contributed by atoms with E-state index >= 15 is 0 Å². The van der Waals surface area contributed by atoms with Gasteiger partial charge in [-0.15, -0.1) is 0 Å². The smallest absolute Gasteiger partial charge is 0.0622 e. The van der Waals surface area contributed by atoms with Crippen molar-refractivity contribution in [1.82, 2.24) is 0 Å². The molecule has 3 aromatic carbocycles. The molecule has 104 valence electrons. The van der Waals surface area contributed by atoms with E-state index in [9.17, 15) is 0 Å². The molecule has 0 amide bonds. The molecule has 0 aliphatic rings. The fourth-order valence-corrected chi connectivity index (χ4v) is 2.28. The Morgan fingerprint density at radius 2 is 1.05 bits per heavy atom. The fourth-order valence-electron chi connectivity index (χ4n) is 2.28. The average Bonchev–Trinajstić information content (AvgIpc) is 2.65.